The van der Waals surface area contributed by atoms with Crippen LogP contribution >= 0.6 is 0 Å². The maximum Gasteiger partial charge on any atom is 0.123 e. The van der Waals surface area contributed by atoms with Crippen LogP contribution in [-0.2, 0) is 0 Å². The number of hydrogen-bond acceptors (Lipinski definition) is 4. The zero-order valence-corrected chi connectivity index (χ0v) is 16.2. The second kappa shape index (κ2) is 7.46. The topological polar surface area (TPSA) is 35.9 Å². The molecule has 1 aliphatic rings. The van der Waals surface area contributed by atoms with E-state index in [0.29, 0.717) is 11.5 Å². The standard InChI is InChI=1S/C22H23FN2O3/c1-24-21-14-16(26-2)6-7-19(21)25-9-4-5-20(25)22(24)15-11-17(27-3)13-18(12-15)28-10-8-23/h4-7,9,11-14,22H,8,10H2,1-3H3/i23-1. The van der Waals surface area contributed by atoms with E-state index in [4.69, 9.17) is 14.2 Å². The molecule has 0 saturated carbocycles. The van der Waals surface area contributed by atoms with E-state index in [-0.39, 0.29) is 12.6 Å². The quantitative estimate of drug-likeness (QED) is 0.635. The Bertz CT molecular complexity index is 986. The normalized spacial score (nSPS) is 15.0. The van der Waals surface area contributed by atoms with Gasteiger partial charge in [-0.1, -0.05) is 0 Å². The average molecular weight is 381 g/mol. The van der Waals surface area contributed by atoms with E-state index in [9.17, 15) is 4.39 Å². The summed E-state index contributed by atoms with van der Waals surface area (Å²) in [4.78, 5) is 2.21. The maximum absolute atomic E-state index is 12.6. The number of methoxy groups -OCH3 is 2. The van der Waals surface area contributed by atoms with Crippen LogP contribution < -0.4 is 19.1 Å². The summed E-state index contributed by atoms with van der Waals surface area (Å²) in [5.41, 5.74) is 4.28. The lowest BCUT2D eigenvalue weighted by atomic mass is 9.98. The third-order valence-corrected chi connectivity index (χ3v) is 5.07. The Morgan fingerprint density at radius 1 is 0.929 bits per heavy atom. The van der Waals surface area contributed by atoms with E-state index >= 15 is 0 Å². The van der Waals surface area contributed by atoms with E-state index in [1.54, 1.807) is 20.3 Å². The lowest BCUT2D eigenvalue weighted by molar-refractivity contribution is 0.271. The highest BCUT2D eigenvalue weighted by Gasteiger charge is 2.31. The van der Waals surface area contributed by atoms with Gasteiger partial charge in [-0.25, -0.2) is 4.39 Å². The van der Waals surface area contributed by atoms with Crippen LogP contribution in [0.2, 0.25) is 0 Å². The first-order valence-electron chi connectivity index (χ1n) is 9.12. The highest BCUT2D eigenvalue weighted by Crippen LogP contribution is 2.43. The van der Waals surface area contributed by atoms with Gasteiger partial charge in [0.2, 0.25) is 0 Å². The number of halogens is 1. The molecule has 3 aromatic rings. The van der Waals surface area contributed by atoms with Crippen molar-refractivity contribution in [2.45, 2.75) is 6.04 Å². The highest BCUT2D eigenvalue weighted by atomic mass is 18.2. The fraction of sp³-hybridized carbons (Fsp3) is 0.273. The summed E-state index contributed by atoms with van der Waals surface area (Å²) in [5, 5.41) is 0. The fourth-order valence-corrected chi connectivity index (χ4v) is 3.79. The summed E-state index contributed by atoms with van der Waals surface area (Å²) in [6.45, 7) is -0.518. The maximum atomic E-state index is 12.6. The van der Waals surface area contributed by atoms with Crippen molar-refractivity contribution < 1.29 is 18.6 Å². The van der Waals surface area contributed by atoms with Gasteiger partial charge in [0, 0.05) is 31.1 Å². The number of fused-ring (bicyclic) bond motifs is 3. The van der Waals surface area contributed by atoms with Gasteiger partial charge in [0.15, 0.2) is 0 Å². The van der Waals surface area contributed by atoms with Gasteiger partial charge in [0.05, 0.1) is 31.6 Å². The number of alkyl halides is 1. The molecular formula is C22H23FN2O3. The van der Waals surface area contributed by atoms with Crippen LogP contribution in [0.25, 0.3) is 5.69 Å². The van der Waals surface area contributed by atoms with Crippen molar-refractivity contribution in [3.05, 3.63) is 66.0 Å². The molecular weight excluding hydrogens is 358 g/mol. The predicted octanol–water partition coefficient (Wildman–Crippen LogP) is 4.38. The van der Waals surface area contributed by atoms with E-state index in [0.717, 1.165) is 28.4 Å². The molecule has 28 heavy (non-hydrogen) atoms. The molecule has 1 atom stereocenters. The Hall–Kier alpha value is -3.15. The minimum atomic E-state index is -0.536. The molecule has 0 saturated heterocycles. The first-order valence-corrected chi connectivity index (χ1v) is 9.12. The molecule has 0 bridgehead atoms. The number of ether oxygens (including phenoxy) is 3. The van der Waals surface area contributed by atoms with Crippen LogP contribution in [0.15, 0.2) is 54.7 Å². The Morgan fingerprint density at radius 3 is 2.46 bits per heavy atom. The van der Waals surface area contributed by atoms with Gasteiger partial charge in [0.1, 0.15) is 30.5 Å². The number of rotatable bonds is 6. The first-order chi connectivity index (χ1) is 13.7. The van der Waals surface area contributed by atoms with E-state index in [1.165, 1.54) is 0 Å². The minimum Gasteiger partial charge on any atom is -0.497 e. The van der Waals surface area contributed by atoms with Gasteiger partial charge < -0.3 is 23.7 Å². The summed E-state index contributed by atoms with van der Waals surface area (Å²) < 4.78 is 31.2. The van der Waals surface area contributed by atoms with E-state index in [2.05, 4.69) is 34.8 Å². The summed E-state index contributed by atoms with van der Waals surface area (Å²) >= 11 is 0. The van der Waals surface area contributed by atoms with Crippen LogP contribution in [0.5, 0.6) is 17.2 Å². The van der Waals surface area contributed by atoms with Crippen LogP contribution in [0.1, 0.15) is 17.3 Å². The number of aromatic nitrogens is 1. The Kier molecular flexibility index (Phi) is 4.86. The van der Waals surface area contributed by atoms with Crippen molar-refractivity contribution in [2.75, 3.05) is 39.4 Å². The van der Waals surface area contributed by atoms with Crippen molar-refractivity contribution >= 4 is 5.69 Å². The van der Waals surface area contributed by atoms with Crippen molar-refractivity contribution in [1.29, 1.82) is 0 Å². The van der Waals surface area contributed by atoms with Gasteiger partial charge in [-0.2, -0.15) is 0 Å². The third-order valence-electron chi connectivity index (χ3n) is 5.07. The third kappa shape index (κ3) is 3.05. The molecule has 0 radical (unpaired) electrons. The van der Waals surface area contributed by atoms with Gasteiger partial charge in [-0.15, -0.1) is 0 Å². The van der Waals surface area contributed by atoms with E-state index < -0.39 is 6.67 Å². The molecule has 2 heterocycles. The lowest BCUT2D eigenvalue weighted by Gasteiger charge is -2.38. The Morgan fingerprint density at radius 2 is 1.71 bits per heavy atom. The molecule has 0 fully saturated rings. The van der Waals surface area contributed by atoms with Gasteiger partial charge in [-0.3, -0.25) is 0 Å². The molecule has 4 rings (SSSR count). The van der Waals surface area contributed by atoms with Crippen LogP contribution in [0.3, 0.4) is 0 Å². The molecule has 1 aliphatic heterocycles. The molecule has 1 aromatic heterocycles. The smallest absolute Gasteiger partial charge is 0.123 e. The van der Waals surface area contributed by atoms with Gasteiger partial charge in [-0.05, 0) is 42.0 Å². The molecule has 5 nitrogen and oxygen atoms in total. The number of benzene rings is 2. The summed E-state index contributed by atoms with van der Waals surface area (Å²) in [5.74, 6) is 2.07. The fourth-order valence-electron chi connectivity index (χ4n) is 3.79. The van der Waals surface area contributed by atoms with Crippen molar-refractivity contribution in [3.8, 4) is 22.9 Å². The first kappa shape index (κ1) is 18.2. The molecule has 6 heteroatoms. The Labute approximate surface area is 163 Å². The number of anilines is 1. The van der Waals surface area contributed by atoms with Gasteiger partial charge >= 0.3 is 0 Å². The van der Waals surface area contributed by atoms with E-state index in [1.807, 2.05) is 30.3 Å². The second-order valence-corrected chi connectivity index (χ2v) is 6.65. The zero-order valence-electron chi connectivity index (χ0n) is 16.2. The zero-order chi connectivity index (χ0) is 19.7. The molecule has 0 N–H and O–H groups in total. The molecule has 0 aliphatic carbocycles. The lowest BCUT2D eigenvalue weighted by Crippen LogP contribution is -2.31. The summed E-state index contributed by atoms with van der Waals surface area (Å²) in [7, 11) is 5.34. The number of nitrogens with zero attached hydrogens (tertiary/aromatic N) is 2. The van der Waals surface area contributed by atoms with Crippen LogP contribution in [-0.4, -0.2) is 39.1 Å². The minimum absolute atomic E-state index is 0.0174. The van der Waals surface area contributed by atoms with Crippen molar-refractivity contribution in [1.82, 2.24) is 4.57 Å². The monoisotopic (exact) mass is 381 g/mol. The van der Waals surface area contributed by atoms with Crippen LogP contribution in [0.4, 0.5) is 10.1 Å². The molecule has 0 amide bonds. The van der Waals surface area contributed by atoms with Crippen molar-refractivity contribution in [2.24, 2.45) is 0 Å². The van der Waals surface area contributed by atoms with Crippen molar-refractivity contribution in [3.63, 3.8) is 0 Å². The molecule has 0 spiro atoms. The highest BCUT2D eigenvalue weighted by molar-refractivity contribution is 5.70. The van der Waals surface area contributed by atoms with Gasteiger partial charge in [0.25, 0.3) is 0 Å². The molecule has 146 valence electrons. The largest absolute Gasteiger partial charge is 0.497 e. The molecule has 1 unspecified atom stereocenters. The summed E-state index contributed by atoms with van der Waals surface area (Å²) in [6, 6.07) is 15.9. The van der Waals surface area contributed by atoms with Crippen LogP contribution in [0, 0.1) is 0 Å². The average Bonchev–Trinajstić information content (AvgIpc) is 3.21. The summed E-state index contributed by atoms with van der Waals surface area (Å²) in [6.07, 6.45) is 2.06. The number of hydrogen-bond donors (Lipinski definition) is 0. The molecule has 2 aromatic carbocycles. The predicted molar refractivity (Wildman–Crippen MR) is 107 cm³/mol. The Balaban J connectivity index is 1.84. The second-order valence-electron chi connectivity index (χ2n) is 6.65. The SMILES string of the molecule is COc1cc(OCC[18F])cc(C2c3cccn3-c3ccc(OC)cc3N2C)c1.